The van der Waals surface area contributed by atoms with Crippen molar-refractivity contribution >= 4 is 22.5 Å². The van der Waals surface area contributed by atoms with Crippen molar-refractivity contribution in [2.75, 3.05) is 5.32 Å². The van der Waals surface area contributed by atoms with Crippen molar-refractivity contribution in [1.29, 1.82) is 0 Å². The Morgan fingerprint density at radius 1 is 1.11 bits per heavy atom. The highest BCUT2D eigenvalue weighted by atomic mass is 19.3. The highest BCUT2D eigenvalue weighted by Crippen LogP contribution is 2.34. The van der Waals surface area contributed by atoms with Gasteiger partial charge in [0.1, 0.15) is 11.3 Å². The van der Waals surface area contributed by atoms with E-state index in [1.54, 1.807) is 36.4 Å². The second-order valence-corrected chi connectivity index (χ2v) is 6.81. The Kier molecular flexibility index (Phi) is 5.63. The highest BCUT2D eigenvalue weighted by Gasteiger charge is 2.46. The van der Waals surface area contributed by atoms with Gasteiger partial charge in [0.25, 0.3) is 6.43 Å². The van der Waals surface area contributed by atoms with Crippen LogP contribution in [0, 0.1) is 11.2 Å². The second-order valence-electron chi connectivity index (χ2n) is 6.81. The van der Waals surface area contributed by atoms with E-state index < -0.39 is 29.7 Å². The van der Waals surface area contributed by atoms with Crippen LogP contribution in [0.2, 0.25) is 0 Å². The third-order valence-corrected chi connectivity index (χ3v) is 4.68. The van der Waals surface area contributed by atoms with Crippen molar-refractivity contribution in [1.82, 2.24) is 4.98 Å². The van der Waals surface area contributed by atoms with E-state index in [1.165, 1.54) is 31.3 Å². The summed E-state index contributed by atoms with van der Waals surface area (Å²) in [6.07, 6.45) is -4.98. The van der Waals surface area contributed by atoms with Crippen LogP contribution in [0.25, 0.3) is 10.9 Å². The molecule has 0 radical (unpaired) electrons. The number of nitrogens with zero attached hydrogens (tertiary/aromatic N) is 1. The fourth-order valence-corrected chi connectivity index (χ4v) is 3.07. The number of carbonyl (C=O) groups is 1. The number of pyridine rings is 1. The molecule has 1 amide bonds. The summed E-state index contributed by atoms with van der Waals surface area (Å²) in [6, 6.07) is 14.2. The number of carbonyl (C=O) groups excluding carboxylic acids is 1. The maximum atomic E-state index is 14.4. The second kappa shape index (κ2) is 7.96. The zero-order valence-corrected chi connectivity index (χ0v) is 15.0. The van der Waals surface area contributed by atoms with Gasteiger partial charge in [-0.05, 0) is 31.0 Å². The van der Waals surface area contributed by atoms with E-state index in [-0.39, 0.29) is 17.6 Å². The van der Waals surface area contributed by atoms with Crippen LogP contribution in [0.4, 0.5) is 23.2 Å². The van der Waals surface area contributed by atoms with Crippen LogP contribution in [-0.4, -0.2) is 23.5 Å². The maximum absolute atomic E-state index is 14.4. The molecule has 0 saturated heterocycles. The number of alkyl halides is 3. The lowest BCUT2D eigenvalue weighted by atomic mass is 9.78. The van der Waals surface area contributed by atoms with Crippen molar-refractivity contribution in [3.8, 4) is 0 Å². The molecule has 0 aliphatic carbocycles. The molecule has 1 heterocycles. The van der Waals surface area contributed by atoms with Crippen LogP contribution in [-0.2, 0) is 11.2 Å². The number of anilines is 1. The van der Waals surface area contributed by atoms with Gasteiger partial charge in [-0.2, -0.15) is 0 Å². The maximum Gasteiger partial charge on any atom is 0.270 e. The molecular formula is C21H18F4N2O. The molecule has 0 fully saturated rings. The molecule has 1 N–H and O–H groups in total. The van der Waals surface area contributed by atoms with E-state index in [0.29, 0.717) is 10.9 Å². The minimum absolute atomic E-state index is 0.114. The minimum Gasteiger partial charge on any atom is -0.324 e. The standard InChI is InChI=1S/C21H18F4N2O/c1-21(18(23)19(24)25,11-13-6-3-2-4-7-13)20(28)27-15-10-14-8-5-9-16(22)17(14)26-12-15/h2-10,12,18-19H,11H2,1H3,(H,27,28). The first kappa shape index (κ1) is 19.8. The van der Waals surface area contributed by atoms with Crippen LogP contribution >= 0.6 is 0 Å². The monoisotopic (exact) mass is 390 g/mol. The third-order valence-electron chi connectivity index (χ3n) is 4.68. The fraction of sp³-hybridized carbons (Fsp3) is 0.238. The van der Waals surface area contributed by atoms with E-state index in [2.05, 4.69) is 10.3 Å². The van der Waals surface area contributed by atoms with Gasteiger partial charge in [-0.15, -0.1) is 0 Å². The Morgan fingerprint density at radius 2 is 1.82 bits per heavy atom. The van der Waals surface area contributed by atoms with Crippen molar-refractivity contribution in [3.05, 3.63) is 72.2 Å². The van der Waals surface area contributed by atoms with Gasteiger partial charge in [0, 0.05) is 5.39 Å². The number of para-hydroxylation sites is 1. The van der Waals surface area contributed by atoms with Crippen molar-refractivity contribution in [2.45, 2.75) is 25.9 Å². The largest absolute Gasteiger partial charge is 0.324 e. The van der Waals surface area contributed by atoms with E-state index in [0.717, 1.165) is 0 Å². The number of rotatable bonds is 6. The molecular weight excluding hydrogens is 372 g/mol. The predicted octanol–water partition coefficient (Wildman–Crippen LogP) is 5.16. The topological polar surface area (TPSA) is 42.0 Å². The van der Waals surface area contributed by atoms with Gasteiger partial charge in [0.2, 0.25) is 5.91 Å². The fourth-order valence-electron chi connectivity index (χ4n) is 3.07. The zero-order chi connectivity index (χ0) is 20.3. The molecule has 7 heteroatoms. The van der Waals surface area contributed by atoms with E-state index in [1.807, 2.05) is 0 Å². The number of benzene rings is 2. The summed E-state index contributed by atoms with van der Waals surface area (Å²) in [6.45, 7) is 1.17. The quantitative estimate of drug-likeness (QED) is 0.591. The average Bonchev–Trinajstić information content (AvgIpc) is 2.68. The lowest BCUT2D eigenvalue weighted by Gasteiger charge is -2.31. The van der Waals surface area contributed by atoms with Gasteiger partial charge < -0.3 is 5.32 Å². The van der Waals surface area contributed by atoms with E-state index in [9.17, 15) is 22.4 Å². The predicted molar refractivity (Wildman–Crippen MR) is 99.5 cm³/mol. The van der Waals surface area contributed by atoms with Gasteiger partial charge >= 0.3 is 0 Å². The first-order valence-electron chi connectivity index (χ1n) is 8.63. The molecule has 146 valence electrons. The zero-order valence-electron chi connectivity index (χ0n) is 15.0. The molecule has 3 nitrogen and oxygen atoms in total. The summed E-state index contributed by atoms with van der Waals surface area (Å²) in [7, 11) is 0. The van der Waals surface area contributed by atoms with Crippen LogP contribution in [0.5, 0.6) is 0 Å². The Labute approximate surface area is 159 Å². The Balaban J connectivity index is 1.91. The Hall–Kier alpha value is -2.96. The van der Waals surface area contributed by atoms with Crippen molar-refractivity contribution in [2.24, 2.45) is 5.41 Å². The minimum atomic E-state index is -3.32. The number of hydrogen-bond donors (Lipinski definition) is 1. The normalized spacial score (nSPS) is 14.6. The molecule has 3 rings (SSSR count). The van der Waals surface area contributed by atoms with Gasteiger partial charge in [-0.25, -0.2) is 17.6 Å². The molecule has 0 spiro atoms. The summed E-state index contributed by atoms with van der Waals surface area (Å²) in [4.78, 5) is 16.7. The van der Waals surface area contributed by atoms with E-state index in [4.69, 9.17) is 0 Å². The molecule has 2 aromatic carbocycles. The number of halogens is 4. The SMILES string of the molecule is CC(Cc1ccccc1)(C(=O)Nc1cnc2c(F)cccc2c1)C(F)C(F)F. The molecule has 1 aromatic heterocycles. The Morgan fingerprint density at radius 3 is 2.50 bits per heavy atom. The summed E-state index contributed by atoms with van der Waals surface area (Å²) in [5.41, 5.74) is -1.17. The molecule has 2 unspecified atom stereocenters. The molecule has 0 saturated carbocycles. The third kappa shape index (κ3) is 3.98. The van der Waals surface area contributed by atoms with E-state index >= 15 is 0 Å². The first-order chi connectivity index (χ1) is 13.3. The summed E-state index contributed by atoms with van der Waals surface area (Å²) in [5.74, 6) is -1.42. The van der Waals surface area contributed by atoms with Gasteiger partial charge in [0.05, 0.1) is 17.3 Å². The van der Waals surface area contributed by atoms with Gasteiger partial charge in [-0.1, -0.05) is 42.5 Å². The van der Waals surface area contributed by atoms with Gasteiger partial charge in [0.15, 0.2) is 6.17 Å². The molecule has 2 atom stereocenters. The Bertz CT molecular complexity index is 981. The first-order valence-corrected chi connectivity index (χ1v) is 8.63. The number of fused-ring (bicyclic) bond motifs is 1. The van der Waals surface area contributed by atoms with Crippen LogP contribution in [0.15, 0.2) is 60.8 Å². The van der Waals surface area contributed by atoms with Crippen LogP contribution < -0.4 is 5.32 Å². The summed E-state index contributed by atoms with van der Waals surface area (Å²) in [5, 5.41) is 2.88. The van der Waals surface area contributed by atoms with Crippen LogP contribution in [0.1, 0.15) is 12.5 Å². The summed E-state index contributed by atoms with van der Waals surface area (Å²) >= 11 is 0. The molecule has 0 aliphatic rings. The number of amides is 1. The number of aromatic nitrogens is 1. The lowest BCUT2D eigenvalue weighted by molar-refractivity contribution is -0.133. The molecule has 0 aliphatic heterocycles. The average molecular weight is 390 g/mol. The van der Waals surface area contributed by atoms with Crippen LogP contribution in [0.3, 0.4) is 0 Å². The lowest BCUT2D eigenvalue weighted by Crippen LogP contribution is -2.46. The highest BCUT2D eigenvalue weighted by molar-refractivity contribution is 5.97. The molecule has 3 aromatic rings. The van der Waals surface area contributed by atoms with Crippen molar-refractivity contribution < 1.29 is 22.4 Å². The molecule has 0 bridgehead atoms. The molecule has 28 heavy (non-hydrogen) atoms. The summed E-state index contributed by atoms with van der Waals surface area (Å²) < 4.78 is 54.5. The van der Waals surface area contributed by atoms with Gasteiger partial charge in [-0.3, -0.25) is 9.78 Å². The smallest absolute Gasteiger partial charge is 0.270 e. The number of nitrogens with one attached hydrogen (secondary N) is 1. The van der Waals surface area contributed by atoms with Crippen molar-refractivity contribution in [3.63, 3.8) is 0 Å². The number of hydrogen-bond acceptors (Lipinski definition) is 2.